The van der Waals surface area contributed by atoms with Crippen LogP contribution in [0.4, 0.5) is 9.52 Å². The molecule has 39 heavy (non-hydrogen) atoms. The van der Waals surface area contributed by atoms with Gasteiger partial charge in [0, 0.05) is 23.7 Å². The SMILES string of the molecule is CCCCN(C(=O)Cc1ccc(Cl)cc1F)c1nnc(-c2cc(C)c(CN3CCC(C(=O)O)CC3)c(C)c2)s1. The minimum absolute atomic E-state index is 0.0851. The van der Waals surface area contributed by atoms with Crippen molar-refractivity contribution in [1.29, 1.82) is 0 Å². The highest BCUT2D eigenvalue weighted by Gasteiger charge is 2.26. The summed E-state index contributed by atoms with van der Waals surface area (Å²) in [6.07, 6.45) is 2.96. The number of halogens is 2. The topological polar surface area (TPSA) is 86.6 Å². The van der Waals surface area contributed by atoms with E-state index in [9.17, 15) is 19.1 Å². The van der Waals surface area contributed by atoms with Gasteiger partial charge in [-0.1, -0.05) is 42.3 Å². The van der Waals surface area contributed by atoms with Gasteiger partial charge in [0.25, 0.3) is 0 Å². The number of anilines is 1. The molecule has 0 spiro atoms. The summed E-state index contributed by atoms with van der Waals surface area (Å²) in [5.41, 5.74) is 4.75. The average molecular weight is 573 g/mol. The van der Waals surface area contributed by atoms with Gasteiger partial charge in [0.2, 0.25) is 11.0 Å². The number of aryl methyl sites for hydroxylation is 2. The third kappa shape index (κ3) is 7.21. The van der Waals surface area contributed by atoms with Crippen molar-refractivity contribution in [3.63, 3.8) is 0 Å². The molecule has 1 amide bonds. The molecule has 0 saturated carbocycles. The zero-order chi connectivity index (χ0) is 28.1. The molecule has 1 aliphatic rings. The molecule has 0 aliphatic carbocycles. The largest absolute Gasteiger partial charge is 0.481 e. The van der Waals surface area contributed by atoms with E-state index >= 15 is 0 Å². The molecule has 2 aromatic carbocycles. The van der Waals surface area contributed by atoms with E-state index in [1.54, 1.807) is 17.0 Å². The molecule has 208 valence electrons. The first-order valence-electron chi connectivity index (χ1n) is 13.3. The predicted molar refractivity (Wildman–Crippen MR) is 153 cm³/mol. The van der Waals surface area contributed by atoms with Crippen LogP contribution in [-0.2, 0) is 22.6 Å². The molecule has 4 rings (SSSR count). The van der Waals surface area contributed by atoms with Crippen LogP contribution in [0.2, 0.25) is 5.02 Å². The van der Waals surface area contributed by atoms with Crippen molar-refractivity contribution in [3.05, 3.63) is 63.4 Å². The predicted octanol–water partition coefficient (Wildman–Crippen LogP) is 6.29. The Morgan fingerprint density at radius 1 is 1.15 bits per heavy atom. The van der Waals surface area contributed by atoms with Crippen LogP contribution in [0.15, 0.2) is 30.3 Å². The van der Waals surface area contributed by atoms with Crippen LogP contribution in [0.1, 0.15) is 54.9 Å². The Morgan fingerprint density at radius 3 is 2.46 bits per heavy atom. The summed E-state index contributed by atoms with van der Waals surface area (Å²) in [5.74, 6) is -1.68. The van der Waals surface area contributed by atoms with E-state index < -0.39 is 11.8 Å². The Bertz CT molecular complexity index is 1320. The molecular formula is C29H34ClFN4O3S. The highest BCUT2D eigenvalue weighted by molar-refractivity contribution is 7.18. The van der Waals surface area contributed by atoms with E-state index in [1.807, 2.05) is 0 Å². The molecule has 7 nitrogen and oxygen atoms in total. The smallest absolute Gasteiger partial charge is 0.306 e. The summed E-state index contributed by atoms with van der Waals surface area (Å²) in [6, 6.07) is 8.53. The molecule has 10 heteroatoms. The molecule has 2 heterocycles. The number of hydrogen-bond acceptors (Lipinski definition) is 6. The average Bonchev–Trinajstić information content (AvgIpc) is 3.38. The van der Waals surface area contributed by atoms with Crippen LogP contribution in [0, 0.1) is 25.6 Å². The molecule has 0 bridgehead atoms. The second-order valence-corrected chi connectivity index (χ2v) is 11.6. The monoisotopic (exact) mass is 572 g/mol. The zero-order valence-electron chi connectivity index (χ0n) is 22.5. The number of likely N-dealkylation sites (tertiary alicyclic amines) is 1. The van der Waals surface area contributed by atoms with Gasteiger partial charge in [-0.3, -0.25) is 19.4 Å². The number of carbonyl (C=O) groups excluding carboxylic acids is 1. The number of benzene rings is 2. The van der Waals surface area contributed by atoms with E-state index in [1.165, 1.54) is 23.0 Å². The maximum atomic E-state index is 14.4. The van der Waals surface area contributed by atoms with E-state index in [4.69, 9.17) is 11.6 Å². The molecule has 0 atom stereocenters. The number of aromatic nitrogens is 2. The fraction of sp³-hybridized carbons (Fsp3) is 0.448. The Labute approximate surface area is 237 Å². The number of amides is 1. The lowest BCUT2D eigenvalue weighted by Gasteiger charge is -2.31. The van der Waals surface area contributed by atoms with E-state index in [0.717, 1.165) is 54.2 Å². The van der Waals surface area contributed by atoms with Gasteiger partial charge in [0.05, 0.1) is 12.3 Å². The molecule has 1 fully saturated rings. The minimum Gasteiger partial charge on any atom is -0.481 e. The number of rotatable bonds is 10. The standard InChI is InChI=1S/C29H34ClFN4O3S/c1-4-5-10-35(26(36)15-21-6-7-23(30)16-25(21)31)29-33-32-27(39-29)22-13-18(2)24(19(3)14-22)17-34-11-8-20(9-12-34)28(37)38/h6-7,13-14,16,20H,4-5,8-12,15,17H2,1-3H3,(H,37,38). The fourth-order valence-electron chi connectivity index (χ4n) is 4.94. The van der Waals surface area contributed by atoms with Crippen LogP contribution in [0.3, 0.4) is 0 Å². The molecule has 1 N–H and O–H groups in total. The maximum Gasteiger partial charge on any atom is 0.306 e. The molecule has 1 saturated heterocycles. The maximum absolute atomic E-state index is 14.4. The molecule has 0 radical (unpaired) electrons. The van der Waals surface area contributed by atoms with Crippen molar-refractivity contribution >= 4 is 39.9 Å². The van der Waals surface area contributed by atoms with Gasteiger partial charge >= 0.3 is 5.97 Å². The van der Waals surface area contributed by atoms with Gasteiger partial charge in [-0.25, -0.2) is 4.39 Å². The summed E-state index contributed by atoms with van der Waals surface area (Å²) in [5, 5.41) is 19.5. The summed E-state index contributed by atoms with van der Waals surface area (Å²) >= 11 is 7.22. The van der Waals surface area contributed by atoms with Crippen molar-refractivity contribution in [2.45, 2.75) is 59.4 Å². The number of carboxylic acid groups (broad SMARTS) is 1. The molecule has 3 aromatic rings. The summed E-state index contributed by atoms with van der Waals surface area (Å²) in [6.45, 7) is 9.03. The molecule has 0 unspecified atom stereocenters. The van der Waals surface area contributed by atoms with Gasteiger partial charge in [-0.2, -0.15) is 0 Å². The van der Waals surface area contributed by atoms with Crippen molar-refractivity contribution in [2.75, 3.05) is 24.5 Å². The number of unbranched alkanes of at least 4 members (excludes halogenated alkanes) is 1. The van der Waals surface area contributed by atoms with Crippen LogP contribution >= 0.6 is 22.9 Å². The number of hydrogen-bond donors (Lipinski definition) is 1. The third-order valence-electron chi connectivity index (χ3n) is 7.30. The normalized spacial score (nSPS) is 14.5. The lowest BCUT2D eigenvalue weighted by molar-refractivity contribution is -0.143. The van der Waals surface area contributed by atoms with E-state index in [2.05, 4.69) is 48.0 Å². The first-order valence-corrected chi connectivity index (χ1v) is 14.5. The van der Waals surface area contributed by atoms with Gasteiger partial charge in [0.1, 0.15) is 10.8 Å². The zero-order valence-corrected chi connectivity index (χ0v) is 24.1. The highest BCUT2D eigenvalue weighted by atomic mass is 35.5. The van der Waals surface area contributed by atoms with Crippen LogP contribution in [0.25, 0.3) is 10.6 Å². The number of carbonyl (C=O) groups is 2. The summed E-state index contributed by atoms with van der Waals surface area (Å²) in [4.78, 5) is 28.4. The molecular weight excluding hydrogens is 539 g/mol. The first kappa shape index (κ1) is 29.1. The lowest BCUT2D eigenvalue weighted by atomic mass is 9.95. The molecule has 1 aliphatic heterocycles. The minimum atomic E-state index is -0.699. The number of piperidine rings is 1. The van der Waals surface area contributed by atoms with E-state index in [-0.39, 0.29) is 18.2 Å². The van der Waals surface area contributed by atoms with Crippen LogP contribution < -0.4 is 4.90 Å². The van der Waals surface area contributed by atoms with Crippen molar-refractivity contribution in [1.82, 2.24) is 15.1 Å². The fourth-order valence-corrected chi connectivity index (χ4v) is 5.97. The van der Waals surface area contributed by atoms with Gasteiger partial charge in [-0.05, 0) is 92.7 Å². The number of carboxylic acids is 1. The van der Waals surface area contributed by atoms with Crippen molar-refractivity contribution in [2.24, 2.45) is 5.92 Å². The lowest BCUT2D eigenvalue weighted by Crippen LogP contribution is -2.36. The van der Waals surface area contributed by atoms with E-state index in [0.29, 0.717) is 35.1 Å². The summed E-state index contributed by atoms with van der Waals surface area (Å²) < 4.78 is 14.4. The molecule has 1 aromatic heterocycles. The third-order valence-corrected chi connectivity index (χ3v) is 8.53. The highest BCUT2D eigenvalue weighted by Crippen LogP contribution is 2.33. The van der Waals surface area contributed by atoms with Crippen molar-refractivity contribution in [3.8, 4) is 10.6 Å². The van der Waals surface area contributed by atoms with Gasteiger partial charge < -0.3 is 5.11 Å². The van der Waals surface area contributed by atoms with Gasteiger partial charge in [0.15, 0.2) is 0 Å². The number of nitrogens with zero attached hydrogens (tertiary/aromatic N) is 4. The second-order valence-electron chi connectivity index (χ2n) is 10.2. The Kier molecular flexibility index (Phi) is 9.69. The quantitative estimate of drug-likeness (QED) is 0.307. The summed E-state index contributed by atoms with van der Waals surface area (Å²) in [7, 11) is 0. The Balaban J connectivity index is 1.50. The van der Waals surface area contributed by atoms with Crippen molar-refractivity contribution < 1.29 is 19.1 Å². The second kappa shape index (κ2) is 13.0. The van der Waals surface area contributed by atoms with Crippen LogP contribution in [-0.4, -0.2) is 51.7 Å². The Hall–Kier alpha value is -2.88. The first-order chi connectivity index (χ1) is 18.7. The van der Waals surface area contributed by atoms with Gasteiger partial charge in [-0.15, -0.1) is 10.2 Å². The van der Waals surface area contributed by atoms with Crippen LogP contribution in [0.5, 0.6) is 0 Å². The number of aliphatic carboxylic acids is 1. The Morgan fingerprint density at radius 2 is 1.85 bits per heavy atom.